The Morgan fingerprint density at radius 2 is 2.23 bits per heavy atom. The Morgan fingerprint density at radius 1 is 1.62 bits per heavy atom. The van der Waals surface area contributed by atoms with Crippen LogP contribution in [0.3, 0.4) is 0 Å². The van der Waals surface area contributed by atoms with Crippen LogP contribution in [0.15, 0.2) is 0 Å². The van der Waals surface area contributed by atoms with Gasteiger partial charge in [0.2, 0.25) is 10.0 Å². The zero-order chi connectivity index (χ0) is 10.1. The van der Waals surface area contributed by atoms with Gasteiger partial charge in [-0.3, -0.25) is 4.79 Å². The Kier molecular flexibility index (Phi) is 2.88. The van der Waals surface area contributed by atoms with Crippen molar-refractivity contribution in [3.63, 3.8) is 0 Å². The molecule has 0 saturated carbocycles. The molecule has 0 aromatic carbocycles. The van der Waals surface area contributed by atoms with Gasteiger partial charge in [0, 0.05) is 5.75 Å². The Bertz CT molecular complexity index is 305. The van der Waals surface area contributed by atoms with Crippen LogP contribution in [-0.4, -0.2) is 42.8 Å². The van der Waals surface area contributed by atoms with Gasteiger partial charge in [0.1, 0.15) is 5.54 Å². The first-order chi connectivity index (χ1) is 5.86. The molecule has 0 spiro atoms. The lowest BCUT2D eigenvalue weighted by Gasteiger charge is -2.22. The van der Waals surface area contributed by atoms with E-state index in [-0.39, 0.29) is 0 Å². The summed E-state index contributed by atoms with van der Waals surface area (Å²) in [6.45, 7) is 0. The smallest absolute Gasteiger partial charge is 0.325 e. The number of carboxylic acids is 1. The van der Waals surface area contributed by atoms with Gasteiger partial charge < -0.3 is 5.11 Å². The molecule has 0 aromatic rings. The van der Waals surface area contributed by atoms with E-state index < -0.39 is 21.5 Å². The molecule has 1 rings (SSSR count). The van der Waals surface area contributed by atoms with E-state index in [0.717, 1.165) is 6.26 Å². The van der Waals surface area contributed by atoms with E-state index >= 15 is 0 Å². The molecule has 1 atom stereocenters. The molecule has 76 valence electrons. The topological polar surface area (TPSA) is 83.5 Å². The first-order valence-electron chi connectivity index (χ1n) is 3.66. The molecule has 0 radical (unpaired) electrons. The van der Waals surface area contributed by atoms with Gasteiger partial charge in [-0.25, -0.2) is 8.42 Å². The molecule has 0 aromatic heterocycles. The molecule has 7 heteroatoms. The van der Waals surface area contributed by atoms with Crippen LogP contribution in [0.25, 0.3) is 0 Å². The van der Waals surface area contributed by atoms with Crippen molar-refractivity contribution >= 4 is 27.8 Å². The predicted octanol–water partition coefficient (Wildman–Crippen LogP) is -0.504. The zero-order valence-corrected chi connectivity index (χ0v) is 8.74. The fourth-order valence-corrected chi connectivity index (χ4v) is 3.60. The minimum absolute atomic E-state index is 0.301. The van der Waals surface area contributed by atoms with Crippen LogP contribution >= 0.6 is 11.8 Å². The average molecular weight is 225 g/mol. The first kappa shape index (κ1) is 10.8. The Hall–Kier alpha value is -0.270. The summed E-state index contributed by atoms with van der Waals surface area (Å²) in [6.07, 6.45) is 1.32. The second-order valence-corrected chi connectivity index (χ2v) is 5.92. The lowest BCUT2D eigenvalue weighted by molar-refractivity contribution is -0.142. The van der Waals surface area contributed by atoms with Crippen molar-refractivity contribution in [2.75, 3.05) is 17.8 Å². The SMILES string of the molecule is CS(=O)(=O)NC1(C(=O)O)CCSC1. The summed E-state index contributed by atoms with van der Waals surface area (Å²) in [5, 5.41) is 8.89. The maximum Gasteiger partial charge on any atom is 0.325 e. The minimum Gasteiger partial charge on any atom is -0.480 e. The molecule has 0 bridgehead atoms. The largest absolute Gasteiger partial charge is 0.480 e. The molecule has 13 heavy (non-hydrogen) atoms. The quantitative estimate of drug-likeness (QED) is 0.676. The van der Waals surface area contributed by atoms with Crippen molar-refractivity contribution in [2.45, 2.75) is 12.0 Å². The normalized spacial score (nSPS) is 29.0. The van der Waals surface area contributed by atoms with Crippen LogP contribution in [0.2, 0.25) is 0 Å². The zero-order valence-electron chi connectivity index (χ0n) is 7.11. The van der Waals surface area contributed by atoms with Crippen LogP contribution in [0.1, 0.15) is 6.42 Å². The third-order valence-electron chi connectivity index (χ3n) is 1.81. The highest BCUT2D eigenvalue weighted by atomic mass is 32.2. The highest BCUT2D eigenvalue weighted by Crippen LogP contribution is 2.28. The van der Waals surface area contributed by atoms with Crippen LogP contribution in [0, 0.1) is 0 Å². The van der Waals surface area contributed by atoms with Gasteiger partial charge in [-0.1, -0.05) is 0 Å². The maximum absolute atomic E-state index is 10.9. The van der Waals surface area contributed by atoms with E-state index in [1.807, 2.05) is 0 Å². The van der Waals surface area contributed by atoms with Gasteiger partial charge in [0.25, 0.3) is 0 Å². The molecule has 1 fully saturated rings. The van der Waals surface area contributed by atoms with E-state index in [1.54, 1.807) is 0 Å². The molecular weight excluding hydrogens is 214 g/mol. The second-order valence-electron chi connectivity index (χ2n) is 3.06. The molecule has 1 heterocycles. The van der Waals surface area contributed by atoms with Gasteiger partial charge in [0.15, 0.2) is 0 Å². The number of rotatable bonds is 3. The summed E-state index contributed by atoms with van der Waals surface area (Å²) < 4.78 is 24.0. The Balaban J connectivity index is 2.86. The molecule has 2 N–H and O–H groups in total. The fraction of sp³-hybridized carbons (Fsp3) is 0.833. The third-order valence-corrected chi connectivity index (χ3v) is 3.76. The van der Waals surface area contributed by atoms with Crippen molar-refractivity contribution in [3.05, 3.63) is 0 Å². The van der Waals surface area contributed by atoms with Gasteiger partial charge >= 0.3 is 5.97 Å². The number of hydrogen-bond donors (Lipinski definition) is 2. The highest BCUT2D eigenvalue weighted by molar-refractivity contribution is 7.99. The van der Waals surface area contributed by atoms with Gasteiger partial charge in [-0.15, -0.1) is 0 Å². The lowest BCUT2D eigenvalue weighted by atomic mass is 10.0. The summed E-state index contributed by atoms with van der Waals surface area (Å²) in [4.78, 5) is 10.9. The summed E-state index contributed by atoms with van der Waals surface area (Å²) in [5.41, 5.74) is -1.28. The Morgan fingerprint density at radius 3 is 2.54 bits per heavy atom. The van der Waals surface area contributed by atoms with Crippen LogP contribution in [0.5, 0.6) is 0 Å². The number of thioether (sulfide) groups is 1. The molecule has 1 aliphatic rings. The molecule has 0 amide bonds. The monoisotopic (exact) mass is 225 g/mol. The van der Waals surface area contributed by atoms with Crippen molar-refractivity contribution < 1.29 is 18.3 Å². The third kappa shape index (κ3) is 2.58. The predicted molar refractivity (Wildman–Crippen MR) is 50.3 cm³/mol. The number of aliphatic carboxylic acids is 1. The lowest BCUT2D eigenvalue weighted by Crippen LogP contribution is -2.54. The average Bonchev–Trinajstić information content (AvgIpc) is 2.33. The molecule has 1 unspecified atom stereocenters. The second kappa shape index (κ2) is 3.47. The van der Waals surface area contributed by atoms with Crippen LogP contribution in [-0.2, 0) is 14.8 Å². The number of carboxylic acid groups (broad SMARTS) is 1. The van der Waals surface area contributed by atoms with Crippen molar-refractivity contribution in [3.8, 4) is 0 Å². The number of sulfonamides is 1. The van der Waals surface area contributed by atoms with Crippen molar-refractivity contribution in [1.29, 1.82) is 0 Å². The van der Waals surface area contributed by atoms with Crippen molar-refractivity contribution in [2.24, 2.45) is 0 Å². The van der Waals surface area contributed by atoms with Gasteiger partial charge in [-0.05, 0) is 12.2 Å². The first-order valence-corrected chi connectivity index (χ1v) is 6.70. The molecular formula is C6H11NO4S2. The van der Waals surface area contributed by atoms with Gasteiger partial charge in [0.05, 0.1) is 6.26 Å². The maximum atomic E-state index is 10.9. The highest BCUT2D eigenvalue weighted by Gasteiger charge is 2.44. The van der Waals surface area contributed by atoms with E-state index in [2.05, 4.69) is 4.72 Å². The van der Waals surface area contributed by atoms with Crippen LogP contribution < -0.4 is 4.72 Å². The Labute approximate surface area is 80.9 Å². The van der Waals surface area contributed by atoms with Crippen LogP contribution in [0.4, 0.5) is 0 Å². The molecule has 1 saturated heterocycles. The summed E-state index contributed by atoms with van der Waals surface area (Å²) in [6, 6.07) is 0. The van der Waals surface area contributed by atoms with E-state index in [9.17, 15) is 13.2 Å². The summed E-state index contributed by atoms with van der Waals surface area (Å²) >= 11 is 1.44. The van der Waals surface area contributed by atoms with Crippen molar-refractivity contribution in [1.82, 2.24) is 4.72 Å². The summed E-state index contributed by atoms with van der Waals surface area (Å²) in [7, 11) is -3.46. The number of hydrogen-bond acceptors (Lipinski definition) is 4. The number of nitrogens with one attached hydrogen (secondary N) is 1. The van der Waals surface area contributed by atoms with E-state index in [0.29, 0.717) is 17.9 Å². The van der Waals surface area contributed by atoms with E-state index in [1.165, 1.54) is 11.8 Å². The molecule has 0 aliphatic carbocycles. The summed E-state index contributed by atoms with van der Waals surface area (Å²) in [5.74, 6) is -0.118. The fourth-order valence-electron chi connectivity index (χ4n) is 1.21. The standard InChI is InChI=1S/C6H11NO4S2/c1-13(10,11)7-6(5(8)9)2-3-12-4-6/h7H,2-4H2,1H3,(H,8,9). The molecule has 1 aliphatic heterocycles. The minimum atomic E-state index is -3.46. The number of carbonyl (C=O) groups is 1. The van der Waals surface area contributed by atoms with Gasteiger partial charge in [-0.2, -0.15) is 16.5 Å². The molecule has 5 nitrogen and oxygen atoms in total. The van der Waals surface area contributed by atoms with E-state index in [4.69, 9.17) is 5.11 Å².